The maximum absolute atomic E-state index is 13.1. The minimum Gasteiger partial charge on any atom is -0.339 e. The smallest absolute Gasteiger partial charge is 0.229 e. The fourth-order valence-electron chi connectivity index (χ4n) is 3.29. The van der Waals surface area contributed by atoms with Crippen molar-refractivity contribution in [1.82, 2.24) is 9.97 Å². The van der Waals surface area contributed by atoms with Crippen molar-refractivity contribution >= 4 is 28.9 Å². The number of nitrogens with one attached hydrogen (secondary N) is 2. The van der Waals surface area contributed by atoms with Gasteiger partial charge in [0.2, 0.25) is 5.95 Å². The van der Waals surface area contributed by atoms with E-state index in [1.807, 2.05) is 12.1 Å². The van der Waals surface area contributed by atoms with Gasteiger partial charge in [-0.15, -0.1) is 0 Å². The summed E-state index contributed by atoms with van der Waals surface area (Å²) < 4.78 is 13.1. The van der Waals surface area contributed by atoms with E-state index in [2.05, 4.69) is 39.7 Å². The number of aromatic nitrogens is 2. The van der Waals surface area contributed by atoms with Gasteiger partial charge in [-0.3, -0.25) is 4.79 Å². The Kier molecular flexibility index (Phi) is 5.02. The summed E-state index contributed by atoms with van der Waals surface area (Å²) >= 11 is 0. The highest BCUT2D eigenvalue weighted by atomic mass is 19.1. The number of nitrogens with zero attached hydrogens (tertiary/aromatic N) is 2. The minimum absolute atomic E-state index is 0.0576. The first-order chi connectivity index (χ1) is 13.6. The number of rotatable bonds is 5. The van der Waals surface area contributed by atoms with Crippen LogP contribution < -0.4 is 10.6 Å². The zero-order chi connectivity index (χ0) is 19.5. The Morgan fingerprint density at radius 1 is 0.929 bits per heavy atom. The Morgan fingerprint density at radius 3 is 2.32 bits per heavy atom. The molecule has 1 aromatic heterocycles. The van der Waals surface area contributed by atoms with Gasteiger partial charge in [0.15, 0.2) is 5.78 Å². The summed E-state index contributed by atoms with van der Waals surface area (Å²) in [4.78, 5) is 21.6. The van der Waals surface area contributed by atoms with Gasteiger partial charge in [-0.1, -0.05) is 19.1 Å². The first kappa shape index (κ1) is 18.1. The van der Waals surface area contributed by atoms with Crippen LogP contribution in [-0.4, -0.2) is 15.8 Å². The molecule has 2 N–H and O–H groups in total. The average molecular weight is 376 g/mol. The van der Waals surface area contributed by atoms with Gasteiger partial charge < -0.3 is 10.6 Å². The first-order valence-electron chi connectivity index (χ1n) is 9.45. The van der Waals surface area contributed by atoms with Crippen LogP contribution in [0.25, 0.3) is 0 Å². The molecule has 6 heteroatoms. The number of anilines is 4. The molecular weight excluding hydrogens is 355 g/mol. The van der Waals surface area contributed by atoms with Crippen molar-refractivity contribution in [3.63, 3.8) is 0 Å². The Morgan fingerprint density at radius 2 is 1.61 bits per heavy atom. The maximum atomic E-state index is 13.1. The molecule has 0 unspecified atom stereocenters. The van der Waals surface area contributed by atoms with Crippen LogP contribution in [0, 0.1) is 5.82 Å². The predicted molar refractivity (Wildman–Crippen MR) is 108 cm³/mol. The summed E-state index contributed by atoms with van der Waals surface area (Å²) in [6.07, 6.45) is 2.98. The van der Waals surface area contributed by atoms with Crippen LogP contribution in [-0.2, 0) is 12.8 Å². The van der Waals surface area contributed by atoms with Gasteiger partial charge in [0.05, 0.1) is 11.3 Å². The predicted octanol–water partition coefficient (Wildman–Crippen LogP) is 5.18. The van der Waals surface area contributed by atoms with Crippen molar-refractivity contribution in [2.24, 2.45) is 0 Å². The first-order valence-corrected chi connectivity index (χ1v) is 9.45. The molecule has 0 fully saturated rings. The van der Waals surface area contributed by atoms with Gasteiger partial charge in [0, 0.05) is 17.8 Å². The molecule has 0 spiro atoms. The van der Waals surface area contributed by atoms with E-state index < -0.39 is 0 Å². The summed E-state index contributed by atoms with van der Waals surface area (Å²) in [6, 6.07) is 14.1. The van der Waals surface area contributed by atoms with Crippen LogP contribution in [0.5, 0.6) is 0 Å². The van der Waals surface area contributed by atoms with Crippen molar-refractivity contribution in [2.75, 3.05) is 10.6 Å². The van der Waals surface area contributed by atoms with Crippen LogP contribution in [0.3, 0.4) is 0 Å². The van der Waals surface area contributed by atoms with Crippen molar-refractivity contribution in [3.8, 4) is 0 Å². The number of benzene rings is 2. The zero-order valence-corrected chi connectivity index (χ0v) is 15.6. The molecule has 4 rings (SSSR count). The molecule has 0 radical (unpaired) electrons. The number of hydrogen-bond acceptors (Lipinski definition) is 5. The number of aryl methyl sites for hydroxylation is 2. The SMILES string of the molecule is CCc1ccc(Nc2nc(Nc3ccc(F)cc3)nc3c2C(=O)CCC3)cc1. The lowest BCUT2D eigenvalue weighted by Crippen LogP contribution is -2.17. The third-order valence-electron chi connectivity index (χ3n) is 4.81. The maximum Gasteiger partial charge on any atom is 0.229 e. The van der Waals surface area contributed by atoms with Gasteiger partial charge in [0.1, 0.15) is 11.6 Å². The average Bonchev–Trinajstić information content (AvgIpc) is 2.70. The second-order valence-electron chi connectivity index (χ2n) is 6.80. The van der Waals surface area contributed by atoms with E-state index in [0.717, 1.165) is 30.6 Å². The van der Waals surface area contributed by atoms with E-state index in [0.29, 0.717) is 29.4 Å². The van der Waals surface area contributed by atoms with Gasteiger partial charge in [-0.2, -0.15) is 4.98 Å². The summed E-state index contributed by atoms with van der Waals surface area (Å²) in [7, 11) is 0. The summed E-state index contributed by atoms with van der Waals surface area (Å²) in [5.41, 5.74) is 4.09. The van der Waals surface area contributed by atoms with Gasteiger partial charge in [-0.25, -0.2) is 9.37 Å². The molecule has 0 atom stereocenters. The molecule has 1 aliphatic rings. The molecule has 0 saturated carbocycles. The summed E-state index contributed by atoms with van der Waals surface area (Å²) in [5.74, 6) is 0.638. The van der Waals surface area contributed by atoms with E-state index in [9.17, 15) is 9.18 Å². The van der Waals surface area contributed by atoms with E-state index in [1.54, 1.807) is 12.1 Å². The number of hydrogen-bond donors (Lipinski definition) is 2. The van der Waals surface area contributed by atoms with Crippen molar-refractivity contribution in [1.29, 1.82) is 0 Å². The third-order valence-corrected chi connectivity index (χ3v) is 4.81. The van der Waals surface area contributed by atoms with Crippen LogP contribution in [0.1, 0.15) is 41.4 Å². The molecule has 1 heterocycles. The lowest BCUT2D eigenvalue weighted by Gasteiger charge is -2.19. The topological polar surface area (TPSA) is 66.9 Å². The van der Waals surface area contributed by atoms with E-state index in [4.69, 9.17) is 0 Å². The fraction of sp³-hybridized carbons (Fsp3) is 0.227. The molecule has 2 aromatic carbocycles. The summed E-state index contributed by atoms with van der Waals surface area (Å²) in [6.45, 7) is 2.11. The van der Waals surface area contributed by atoms with Crippen LogP contribution in [0.4, 0.5) is 27.5 Å². The fourth-order valence-corrected chi connectivity index (χ4v) is 3.29. The van der Waals surface area contributed by atoms with Crippen LogP contribution >= 0.6 is 0 Å². The van der Waals surface area contributed by atoms with Crippen molar-refractivity contribution in [3.05, 3.63) is 71.2 Å². The quantitative estimate of drug-likeness (QED) is 0.642. The van der Waals surface area contributed by atoms with Crippen LogP contribution in [0.15, 0.2) is 48.5 Å². The van der Waals surface area contributed by atoms with E-state index >= 15 is 0 Å². The Hall–Kier alpha value is -3.28. The Labute approximate surface area is 163 Å². The minimum atomic E-state index is -0.305. The number of fused-ring (bicyclic) bond motifs is 1. The highest BCUT2D eigenvalue weighted by molar-refractivity contribution is 6.03. The van der Waals surface area contributed by atoms with Gasteiger partial charge in [-0.05, 0) is 61.2 Å². The van der Waals surface area contributed by atoms with Gasteiger partial charge in [0.25, 0.3) is 0 Å². The van der Waals surface area contributed by atoms with E-state index in [-0.39, 0.29) is 11.6 Å². The lowest BCUT2D eigenvalue weighted by atomic mass is 9.95. The molecule has 0 aliphatic heterocycles. The van der Waals surface area contributed by atoms with Crippen molar-refractivity contribution < 1.29 is 9.18 Å². The van der Waals surface area contributed by atoms with E-state index in [1.165, 1.54) is 17.7 Å². The monoisotopic (exact) mass is 376 g/mol. The number of Topliss-reactive ketones (excluding diaryl/α,β-unsaturated/α-hetero) is 1. The molecule has 3 aromatic rings. The molecular formula is C22H21FN4O. The Balaban J connectivity index is 1.69. The largest absolute Gasteiger partial charge is 0.339 e. The standard InChI is InChI=1S/C22H21FN4O/c1-2-14-6-10-16(11-7-14)24-21-20-18(4-3-5-19(20)28)26-22(27-21)25-17-12-8-15(23)9-13-17/h6-13H,2-5H2,1H3,(H2,24,25,26,27). The number of carbonyl (C=O) groups excluding carboxylic acids is 1. The highest BCUT2D eigenvalue weighted by Crippen LogP contribution is 2.30. The second kappa shape index (κ2) is 7.76. The molecule has 1 aliphatic carbocycles. The lowest BCUT2D eigenvalue weighted by molar-refractivity contribution is 0.0972. The second-order valence-corrected chi connectivity index (χ2v) is 6.80. The van der Waals surface area contributed by atoms with Gasteiger partial charge >= 0.3 is 0 Å². The van der Waals surface area contributed by atoms with Crippen LogP contribution in [0.2, 0.25) is 0 Å². The molecule has 0 bridgehead atoms. The highest BCUT2D eigenvalue weighted by Gasteiger charge is 2.24. The molecule has 5 nitrogen and oxygen atoms in total. The number of halogens is 1. The summed E-state index contributed by atoms with van der Waals surface area (Å²) in [5, 5.41) is 6.38. The molecule has 0 amide bonds. The number of carbonyl (C=O) groups is 1. The Bertz CT molecular complexity index is 1000. The van der Waals surface area contributed by atoms with Crippen molar-refractivity contribution in [2.45, 2.75) is 32.6 Å². The molecule has 28 heavy (non-hydrogen) atoms. The zero-order valence-electron chi connectivity index (χ0n) is 15.6. The molecule has 0 saturated heterocycles. The normalized spacial score (nSPS) is 13.1. The molecule has 142 valence electrons. The third kappa shape index (κ3) is 3.86. The number of ketones is 1.